The van der Waals surface area contributed by atoms with E-state index in [4.69, 9.17) is 4.98 Å². The Balaban J connectivity index is 1.79. The van der Waals surface area contributed by atoms with Crippen molar-refractivity contribution in [1.29, 1.82) is 5.26 Å². The molecule has 2 heterocycles. The van der Waals surface area contributed by atoms with Crippen LogP contribution in [0.5, 0.6) is 0 Å². The molecule has 0 bridgehead atoms. The summed E-state index contributed by atoms with van der Waals surface area (Å²) in [5.74, 6) is 0.533. The molecule has 0 radical (unpaired) electrons. The van der Waals surface area contributed by atoms with E-state index in [1.807, 2.05) is 13.0 Å². The Morgan fingerprint density at radius 2 is 2.38 bits per heavy atom. The van der Waals surface area contributed by atoms with Crippen molar-refractivity contribution in [2.24, 2.45) is 5.92 Å². The summed E-state index contributed by atoms with van der Waals surface area (Å²) < 4.78 is 0. The summed E-state index contributed by atoms with van der Waals surface area (Å²) >= 11 is 1.37. The highest BCUT2D eigenvalue weighted by Crippen LogP contribution is 2.32. The number of anilines is 1. The predicted molar refractivity (Wildman–Crippen MR) is 103 cm³/mol. The van der Waals surface area contributed by atoms with E-state index in [0.29, 0.717) is 28.6 Å². The SMILES string of the molecule is CCC(Sc1nc2c(cc1C#N)CC(C)CC2)C(=O)Nc1cccnc1. The summed E-state index contributed by atoms with van der Waals surface area (Å²) in [6.45, 7) is 4.19. The minimum Gasteiger partial charge on any atom is -0.324 e. The van der Waals surface area contributed by atoms with Crippen LogP contribution >= 0.6 is 11.8 Å². The number of carbonyl (C=O) groups is 1. The maximum absolute atomic E-state index is 12.6. The number of aromatic nitrogens is 2. The lowest BCUT2D eigenvalue weighted by Crippen LogP contribution is -2.25. The predicted octanol–water partition coefficient (Wildman–Crippen LogP) is 3.98. The lowest BCUT2D eigenvalue weighted by Gasteiger charge is -2.22. The Kier molecular flexibility index (Phi) is 5.89. The molecule has 3 rings (SSSR count). The van der Waals surface area contributed by atoms with Crippen molar-refractivity contribution in [1.82, 2.24) is 9.97 Å². The summed E-state index contributed by atoms with van der Waals surface area (Å²) in [5.41, 5.74) is 3.49. The number of thioether (sulfide) groups is 1. The summed E-state index contributed by atoms with van der Waals surface area (Å²) in [7, 11) is 0. The normalized spacial score (nSPS) is 17.0. The van der Waals surface area contributed by atoms with Crippen LogP contribution in [0, 0.1) is 17.2 Å². The van der Waals surface area contributed by atoms with Crippen LogP contribution in [0.1, 0.15) is 43.5 Å². The fraction of sp³-hybridized carbons (Fsp3) is 0.400. The Labute approximate surface area is 158 Å². The van der Waals surface area contributed by atoms with Crippen molar-refractivity contribution in [2.45, 2.75) is 49.8 Å². The molecule has 0 aromatic carbocycles. The molecule has 0 saturated carbocycles. The number of aryl methyl sites for hydroxylation is 1. The summed E-state index contributed by atoms with van der Waals surface area (Å²) in [4.78, 5) is 21.4. The standard InChI is InChI=1S/C20H22N4OS/c1-3-18(19(25)23-16-5-4-8-22-12-16)26-20-15(11-21)10-14-9-13(2)6-7-17(14)24-20/h4-5,8,10,12-13,18H,3,6-7,9H2,1-2H3,(H,23,25). The van der Waals surface area contributed by atoms with Crippen LogP contribution < -0.4 is 5.32 Å². The van der Waals surface area contributed by atoms with Gasteiger partial charge in [-0.2, -0.15) is 5.26 Å². The summed E-state index contributed by atoms with van der Waals surface area (Å²) in [6, 6.07) is 7.81. The molecule has 0 spiro atoms. The maximum atomic E-state index is 12.6. The third-order valence-corrected chi connectivity index (χ3v) is 5.93. The highest BCUT2D eigenvalue weighted by atomic mass is 32.2. The molecule has 2 aromatic heterocycles. The van der Waals surface area contributed by atoms with Gasteiger partial charge in [-0.25, -0.2) is 4.98 Å². The number of hydrogen-bond acceptors (Lipinski definition) is 5. The zero-order chi connectivity index (χ0) is 18.5. The quantitative estimate of drug-likeness (QED) is 0.810. The number of nitrogens with one attached hydrogen (secondary N) is 1. The number of nitrogens with zero attached hydrogens (tertiary/aromatic N) is 3. The zero-order valence-electron chi connectivity index (χ0n) is 15.0. The van der Waals surface area contributed by atoms with Crippen molar-refractivity contribution < 1.29 is 4.79 Å². The van der Waals surface area contributed by atoms with Gasteiger partial charge in [-0.1, -0.05) is 25.6 Å². The van der Waals surface area contributed by atoms with Gasteiger partial charge in [0.2, 0.25) is 5.91 Å². The molecule has 6 heteroatoms. The Morgan fingerprint density at radius 3 is 3.08 bits per heavy atom. The number of nitriles is 1. The monoisotopic (exact) mass is 366 g/mol. The fourth-order valence-corrected chi connectivity index (χ4v) is 4.11. The van der Waals surface area contributed by atoms with Gasteiger partial charge in [-0.15, -0.1) is 0 Å². The number of amides is 1. The first-order valence-corrected chi connectivity index (χ1v) is 9.79. The van der Waals surface area contributed by atoms with Gasteiger partial charge < -0.3 is 5.32 Å². The first-order valence-electron chi connectivity index (χ1n) is 8.91. The third-order valence-electron chi connectivity index (χ3n) is 4.57. The second kappa shape index (κ2) is 8.33. The molecule has 0 aliphatic heterocycles. The number of pyridine rings is 2. The van der Waals surface area contributed by atoms with E-state index in [2.05, 4.69) is 23.3 Å². The van der Waals surface area contributed by atoms with Crippen molar-refractivity contribution in [3.63, 3.8) is 0 Å². The molecule has 1 aliphatic rings. The third kappa shape index (κ3) is 4.23. The molecule has 0 saturated heterocycles. The van der Waals surface area contributed by atoms with Gasteiger partial charge in [0.1, 0.15) is 11.1 Å². The molecule has 1 amide bonds. The largest absolute Gasteiger partial charge is 0.324 e. The van der Waals surface area contributed by atoms with Gasteiger partial charge in [0.05, 0.1) is 22.7 Å². The van der Waals surface area contributed by atoms with Crippen LogP contribution in [0.25, 0.3) is 0 Å². The van der Waals surface area contributed by atoms with Crippen molar-refractivity contribution in [3.05, 3.63) is 47.4 Å². The Bertz CT molecular complexity index is 832. The highest BCUT2D eigenvalue weighted by Gasteiger charge is 2.24. The van der Waals surface area contributed by atoms with E-state index < -0.39 is 0 Å². The summed E-state index contributed by atoms with van der Waals surface area (Å²) in [6.07, 6.45) is 6.97. The van der Waals surface area contributed by atoms with Gasteiger partial charge in [0.25, 0.3) is 0 Å². The first-order chi connectivity index (χ1) is 12.6. The maximum Gasteiger partial charge on any atom is 0.237 e. The Morgan fingerprint density at radius 1 is 1.54 bits per heavy atom. The van der Waals surface area contributed by atoms with Crippen LogP contribution in [-0.2, 0) is 17.6 Å². The van der Waals surface area contributed by atoms with Crippen LogP contribution in [0.4, 0.5) is 5.69 Å². The van der Waals surface area contributed by atoms with Gasteiger partial charge in [0, 0.05) is 11.9 Å². The lowest BCUT2D eigenvalue weighted by atomic mass is 9.87. The van der Waals surface area contributed by atoms with Crippen molar-refractivity contribution in [3.8, 4) is 6.07 Å². The van der Waals surface area contributed by atoms with Crippen LogP contribution in [0.2, 0.25) is 0 Å². The van der Waals surface area contributed by atoms with Crippen LogP contribution in [-0.4, -0.2) is 21.1 Å². The topological polar surface area (TPSA) is 78.7 Å². The first kappa shape index (κ1) is 18.4. The van der Waals surface area contributed by atoms with E-state index >= 15 is 0 Å². The van der Waals surface area contributed by atoms with Crippen molar-refractivity contribution in [2.75, 3.05) is 5.32 Å². The minimum atomic E-state index is -0.310. The number of hydrogen-bond donors (Lipinski definition) is 1. The van der Waals surface area contributed by atoms with Gasteiger partial charge in [-0.3, -0.25) is 9.78 Å². The van der Waals surface area contributed by atoms with E-state index in [1.54, 1.807) is 24.5 Å². The number of carbonyl (C=O) groups excluding carboxylic acids is 1. The summed E-state index contributed by atoms with van der Waals surface area (Å²) in [5, 5.41) is 12.8. The molecule has 0 fully saturated rings. The lowest BCUT2D eigenvalue weighted by molar-refractivity contribution is -0.115. The average Bonchev–Trinajstić information content (AvgIpc) is 2.66. The highest BCUT2D eigenvalue weighted by molar-refractivity contribution is 8.00. The molecular formula is C20H22N4OS. The smallest absolute Gasteiger partial charge is 0.237 e. The molecule has 5 nitrogen and oxygen atoms in total. The Hall–Kier alpha value is -2.39. The molecule has 2 aromatic rings. The van der Waals surface area contributed by atoms with E-state index in [-0.39, 0.29) is 11.2 Å². The van der Waals surface area contributed by atoms with Gasteiger partial charge in [-0.05, 0) is 55.4 Å². The van der Waals surface area contributed by atoms with Crippen molar-refractivity contribution >= 4 is 23.4 Å². The van der Waals surface area contributed by atoms with Crippen LogP contribution in [0.15, 0.2) is 35.6 Å². The minimum absolute atomic E-state index is 0.0949. The molecule has 2 atom stereocenters. The average molecular weight is 366 g/mol. The number of fused-ring (bicyclic) bond motifs is 1. The van der Waals surface area contributed by atoms with Gasteiger partial charge in [0.15, 0.2) is 0 Å². The molecule has 134 valence electrons. The number of rotatable bonds is 5. The second-order valence-corrected chi connectivity index (χ2v) is 7.84. The fourth-order valence-electron chi connectivity index (χ4n) is 3.11. The van der Waals surface area contributed by atoms with Crippen LogP contribution in [0.3, 0.4) is 0 Å². The second-order valence-electron chi connectivity index (χ2n) is 6.65. The van der Waals surface area contributed by atoms with Gasteiger partial charge >= 0.3 is 0 Å². The molecule has 1 N–H and O–H groups in total. The zero-order valence-corrected chi connectivity index (χ0v) is 15.8. The van der Waals surface area contributed by atoms with E-state index in [0.717, 1.165) is 25.0 Å². The van der Waals surface area contributed by atoms with E-state index in [1.165, 1.54) is 17.3 Å². The molecule has 2 unspecified atom stereocenters. The van der Waals surface area contributed by atoms with E-state index in [9.17, 15) is 10.1 Å². The molecule has 26 heavy (non-hydrogen) atoms. The molecular weight excluding hydrogens is 344 g/mol. The molecule has 1 aliphatic carbocycles.